The summed E-state index contributed by atoms with van der Waals surface area (Å²) in [7, 11) is 0. The first-order chi connectivity index (χ1) is 10.5. The van der Waals surface area contributed by atoms with Gasteiger partial charge in [0.05, 0.1) is 22.8 Å². The number of allylic oxidation sites excluding steroid dienone is 4. The maximum absolute atomic E-state index is 8.22. The van der Waals surface area contributed by atoms with E-state index in [-0.39, 0.29) is 10.8 Å². The van der Waals surface area contributed by atoms with Gasteiger partial charge in [-0.3, -0.25) is 5.41 Å². The molecular formula is C20H27N3. The summed E-state index contributed by atoms with van der Waals surface area (Å²) >= 11 is 0. The molecule has 0 aliphatic heterocycles. The molecule has 0 saturated heterocycles. The van der Waals surface area contributed by atoms with Crippen molar-refractivity contribution in [1.29, 1.82) is 5.41 Å². The van der Waals surface area contributed by atoms with Crippen molar-refractivity contribution in [3.8, 4) is 0 Å². The number of nitrogens with one attached hydrogen (secondary N) is 1. The molecule has 122 valence electrons. The molecule has 1 aliphatic rings. The van der Waals surface area contributed by atoms with Gasteiger partial charge in [-0.15, -0.1) is 0 Å². The van der Waals surface area contributed by atoms with E-state index in [0.717, 1.165) is 11.3 Å². The first-order valence-corrected chi connectivity index (χ1v) is 7.96. The predicted molar refractivity (Wildman–Crippen MR) is 101 cm³/mol. The molecule has 0 bridgehead atoms. The molecule has 0 aromatic heterocycles. The molecule has 23 heavy (non-hydrogen) atoms. The minimum Gasteiger partial charge on any atom is -0.397 e. The van der Waals surface area contributed by atoms with Crippen molar-refractivity contribution in [1.82, 2.24) is 0 Å². The Morgan fingerprint density at radius 3 is 2.09 bits per heavy atom. The van der Waals surface area contributed by atoms with Crippen molar-refractivity contribution in [2.24, 2.45) is 10.4 Å². The Morgan fingerprint density at radius 1 is 0.957 bits per heavy atom. The SMILES string of the molecule is CC(C)(C)C1=CC(=N)C(=Nc2ccc(C(C)(C)C)cc2N)C=C1. The molecule has 0 fully saturated rings. The summed E-state index contributed by atoms with van der Waals surface area (Å²) in [4.78, 5) is 4.57. The van der Waals surface area contributed by atoms with Crippen LogP contribution in [0.4, 0.5) is 11.4 Å². The average molecular weight is 309 g/mol. The highest BCUT2D eigenvalue weighted by atomic mass is 14.8. The Bertz CT molecular complexity index is 720. The van der Waals surface area contributed by atoms with Gasteiger partial charge in [0.15, 0.2) is 0 Å². The molecule has 0 heterocycles. The maximum atomic E-state index is 8.22. The Balaban J connectivity index is 2.33. The summed E-state index contributed by atoms with van der Waals surface area (Å²) in [5, 5.41) is 8.22. The van der Waals surface area contributed by atoms with Crippen LogP contribution in [0.15, 0.2) is 47.0 Å². The lowest BCUT2D eigenvalue weighted by Gasteiger charge is -2.23. The van der Waals surface area contributed by atoms with Gasteiger partial charge in [-0.2, -0.15) is 0 Å². The molecule has 0 spiro atoms. The van der Waals surface area contributed by atoms with Crippen LogP contribution < -0.4 is 5.73 Å². The fourth-order valence-corrected chi connectivity index (χ4v) is 2.35. The summed E-state index contributed by atoms with van der Waals surface area (Å²) in [5.41, 5.74) is 11.0. The molecule has 3 nitrogen and oxygen atoms in total. The summed E-state index contributed by atoms with van der Waals surface area (Å²) in [6.45, 7) is 12.9. The van der Waals surface area contributed by atoms with Crippen LogP contribution in [-0.2, 0) is 5.41 Å². The molecule has 0 radical (unpaired) electrons. The Morgan fingerprint density at radius 2 is 1.61 bits per heavy atom. The fraction of sp³-hybridized carbons (Fsp3) is 0.400. The number of hydrogen-bond acceptors (Lipinski definition) is 3. The number of rotatable bonds is 1. The van der Waals surface area contributed by atoms with Crippen molar-refractivity contribution in [2.75, 3.05) is 5.73 Å². The lowest BCUT2D eigenvalue weighted by atomic mass is 9.83. The Hall–Kier alpha value is -2.16. The number of nitrogens with two attached hydrogens (primary N) is 1. The topological polar surface area (TPSA) is 62.2 Å². The summed E-state index contributed by atoms with van der Waals surface area (Å²) in [6, 6.07) is 5.97. The van der Waals surface area contributed by atoms with Crippen molar-refractivity contribution >= 4 is 22.8 Å². The highest BCUT2D eigenvalue weighted by Crippen LogP contribution is 2.31. The van der Waals surface area contributed by atoms with Gasteiger partial charge in [-0.25, -0.2) is 4.99 Å². The number of nitrogens with zero attached hydrogens (tertiary/aromatic N) is 1. The molecule has 0 amide bonds. The fourth-order valence-electron chi connectivity index (χ4n) is 2.35. The van der Waals surface area contributed by atoms with Gasteiger partial charge in [0, 0.05) is 0 Å². The molecule has 3 heteroatoms. The second-order valence-electron chi connectivity index (χ2n) is 8.12. The van der Waals surface area contributed by atoms with Crippen molar-refractivity contribution in [3.63, 3.8) is 0 Å². The van der Waals surface area contributed by atoms with E-state index in [2.05, 4.69) is 52.6 Å². The molecule has 0 saturated carbocycles. The Kier molecular flexibility index (Phi) is 4.34. The Labute approximate surface area is 139 Å². The monoisotopic (exact) mass is 309 g/mol. The molecular weight excluding hydrogens is 282 g/mol. The van der Waals surface area contributed by atoms with E-state index in [1.807, 2.05) is 30.4 Å². The molecule has 1 aromatic carbocycles. The minimum atomic E-state index is 0.0295. The van der Waals surface area contributed by atoms with Gasteiger partial charge in [0.1, 0.15) is 0 Å². The normalized spacial score (nSPS) is 17.6. The molecule has 3 N–H and O–H groups in total. The smallest absolute Gasteiger partial charge is 0.0887 e. The summed E-state index contributed by atoms with van der Waals surface area (Å²) in [6.07, 6.45) is 5.83. The predicted octanol–water partition coefficient (Wildman–Crippen LogP) is 5.20. The van der Waals surface area contributed by atoms with Crippen LogP contribution >= 0.6 is 0 Å². The van der Waals surface area contributed by atoms with Gasteiger partial charge >= 0.3 is 0 Å². The molecule has 1 aliphatic carbocycles. The highest BCUT2D eigenvalue weighted by Gasteiger charge is 2.20. The first-order valence-electron chi connectivity index (χ1n) is 7.96. The van der Waals surface area contributed by atoms with Crippen LogP contribution in [0.1, 0.15) is 47.1 Å². The molecule has 0 unspecified atom stereocenters. The van der Waals surface area contributed by atoms with E-state index in [4.69, 9.17) is 11.1 Å². The van der Waals surface area contributed by atoms with Crippen molar-refractivity contribution in [2.45, 2.75) is 47.0 Å². The minimum absolute atomic E-state index is 0.0295. The first kappa shape index (κ1) is 17.2. The average Bonchev–Trinajstić information content (AvgIpc) is 2.40. The third-order valence-electron chi connectivity index (χ3n) is 4.00. The summed E-state index contributed by atoms with van der Waals surface area (Å²) in [5.74, 6) is 0. The van der Waals surface area contributed by atoms with Crippen LogP contribution in [0.5, 0.6) is 0 Å². The second kappa shape index (κ2) is 5.80. The van der Waals surface area contributed by atoms with Crippen LogP contribution in [0.3, 0.4) is 0 Å². The standard InChI is InChI=1S/C20H27N3/c1-19(2,3)13-7-9-17(15(21)11-13)23-18-10-8-14(12-16(18)22)20(4,5)6/h7-12,21H,22H2,1-6H3. The maximum Gasteiger partial charge on any atom is 0.0887 e. The molecule has 0 atom stereocenters. The van der Waals surface area contributed by atoms with Crippen molar-refractivity contribution in [3.05, 3.63) is 47.6 Å². The number of anilines is 1. The van der Waals surface area contributed by atoms with E-state index in [1.165, 1.54) is 5.56 Å². The van der Waals surface area contributed by atoms with Gasteiger partial charge in [0.25, 0.3) is 0 Å². The molecule has 1 aromatic rings. The lowest BCUT2D eigenvalue weighted by Crippen LogP contribution is -2.17. The zero-order chi connectivity index (χ0) is 17.4. The van der Waals surface area contributed by atoms with Crippen LogP contribution in [0.2, 0.25) is 0 Å². The quantitative estimate of drug-likeness (QED) is 0.543. The van der Waals surface area contributed by atoms with Crippen LogP contribution in [-0.4, -0.2) is 11.4 Å². The number of nitrogen functional groups attached to an aromatic ring is 1. The van der Waals surface area contributed by atoms with Gasteiger partial charge < -0.3 is 5.73 Å². The largest absolute Gasteiger partial charge is 0.397 e. The highest BCUT2D eigenvalue weighted by molar-refractivity contribution is 6.50. The third-order valence-corrected chi connectivity index (χ3v) is 4.00. The van der Waals surface area contributed by atoms with E-state index in [1.54, 1.807) is 0 Å². The van der Waals surface area contributed by atoms with Gasteiger partial charge in [0.2, 0.25) is 0 Å². The van der Waals surface area contributed by atoms with E-state index >= 15 is 0 Å². The van der Waals surface area contributed by atoms with Crippen LogP contribution in [0, 0.1) is 10.8 Å². The second-order valence-corrected chi connectivity index (χ2v) is 8.12. The molecule has 2 rings (SSSR count). The zero-order valence-electron chi connectivity index (χ0n) is 15.0. The van der Waals surface area contributed by atoms with Crippen molar-refractivity contribution < 1.29 is 0 Å². The number of aliphatic imine (C=N–C) groups is 1. The number of hydrogen-bond donors (Lipinski definition) is 2. The van der Waals surface area contributed by atoms with Crippen LogP contribution in [0.25, 0.3) is 0 Å². The lowest BCUT2D eigenvalue weighted by molar-refractivity contribution is 0.517. The number of benzene rings is 1. The van der Waals surface area contributed by atoms with E-state index < -0.39 is 0 Å². The van der Waals surface area contributed by atoms with Gasteiger partial charge in [-0.1, -0.05) is 53.7 Å². The van der Waals surface area contributed by atoms with E-state index in [9.17, 15) is 0 Å². The van der Waals surface area contributed by atoms with E-state index in [0.29, 0.717) is 17.1 Å². The van der Waals surface area contributed by atoms with Gasteiger partial charge in [-0.05, 0) is 46.3 Å². The third kappa shape index (κ3) is 3.98. The zero-order valence-corrected chi connectivity index (χ0v) is 15.0. The summed E-state index contributed by atoms with van der Waals surface area (Å²) < 4.78 is 0.